The monoisotopic (exact) mass is 401 g/mol. The number of urea groups is 1. The van der Waals surface area contributed by atoms with Gasteiger partial charge in [0.05, 0.1) is 0 Å². The molecular formula is C19H23N5O5. The summed E-state index contributed by atoms with van der Waals surface area (Å²) >= 11 is 0. The topological polar surface area (TPSA) is 128 Å². The quantitative estimate of drug-likeness (QED) is 0.400. The molecule has 0 bridgehead atoms. The second kappa shape index (κ2) is 8.72. The van der Waals surface area contributed by atoms with E-state index in [4.69, 9.17) is 0 Å². The molecule has 2 fully saturated rings. The molecule has 10 heteroatoms. The summed E-state index contributed by atoms with van der Waals surface area (Å²) in [6, 6.07) is 6.57. The van der Waals surface area contributed by atoms with Gasteiger partial charge in [-0.1, -0.05) is 30.3 Å². The summed E-state index contributed by atoms with van der Waals surface area (Å²) in [5.41, 5.74) is 0.796. The van der Waals surface area contributed by atoms with Crippen molar-refractivity contribution in [2.24, 2.45) is 0 Å². The summed E-state index contributed by atoms with van der Waals surface area (Å²) in [4.78, 5) is 63.2. The molecule has 0 spiro atoms. The fraction of sp³-hybridized carbons (Fsp3) is 0.421. The molecule has 1 aromatic rings. The van der Waals surface area contributed by atoms with Crippen LogP contribution in [0.5, 0.6) is 0 Å². The zero-order valence-electron chi connectivity index (χ0n) is 16.0. The Morgan fingerprint density at radius 3 is 2.45 bits per heavy atom. The van der Waals surface area contributed by atoms with Gasteiger partial charge in [0.25, 0.3) is 0 Å². The minimum absolute atomic E-state index is 0.0505. The summed E-state index contributed by atoms with van der Waals surface area (Å²) in [6.07, 6.45) is 0.170. The normalized spacial score (nSPS) is 19.9. The first kappa shape index (κ1) is 20.3. The van der Waals surface area contributed by atoms with Gasteiger partial charge in [-0.15, -0.1) is 0 Å². The Kier molecular flexibility index (Phi) is 6.10. The number of carbonyl (C=O) groups excluding carboxylic acids is 5. The van der Waals surface area contributed by atoms with Crippen LogP contribution < -0.4 is 16.0 Å². The molecule has 3 rings (SSSR count). The van der Waals surface area contributed by atoms with Crippen molar-refractivity contribution < 1.29 is 24.0 Å². The Hall–Kier alpha value is -3.43. The van der Waals surface area contributed by atoms with Crippen LogP contribution in [-0.4, -0.2) is 77.7 Å². The zero-order chi connectivity index (χ0) is 21.0. The lowest BCUT2D eigenvalue weighted by molar-refractivity contribution is -0.153. The predicted molar refractivity (Wildman–Crippen MR) is 101 cm³/mol. The van der Waals surface area contributed by atoms with Gasteiger partial charge in [0, 0.05) is 32.6 Å². The van der Waals surface area contributed by atoms with E-state index < -0.39 is 35.8 Å². The van der Waals surface area contributed by atoms with E-state index in [9.17, 15) is 24.0 Å². The summed E-state index contributed by atoms with van der Waals surface area (Å²) in [5.74, 6) is -2.50. The van der Waals surface area contributed by atoms with Crippen molar-refractivity contribution in [1.82, 2.24) is 25.8 Å². The maximum Gasteiger partial charge on any atom is 0.325 e. The maximum absolute atomic E-state index is 12.7. The third-order valence-electron chi connectivity index (χ3n) is 4.95. The molecule has 2 aliphatic heterocycles. The highest BCUT2D eigenvalue weighted by Crippen LogP contribution is 2.09. The summed E-state index contributed by atoms with van der Waals surface area (Å²) in [7, 11) is 0. The third-order valence-corrected chi connectivity index (χ3v) is 4.95. The van der Waals surface area contributed by atoms with Crippen LogP contribution in [0, 0.1) is 0 Å². The number of nitrogens with one attached hydrogen (secondary N) is 3. The molecule has 154 valence electrons. The SMILES string of the molecule is CCN1CCN(C(=O)N[C@@H](Cc2ccccc2)C(=O)NC2CNC2=O)C(=O)C1=O. The number of piperazine rings is 1. The lowest BCUT2D eigenvalue weighted by Crippen LogP contribution is -2.65. The minimum atomic E-state index is -1.01. The van der Waals surface area contributed by atoms with Gasteiger partial charge in [0.2, 0.25) is 11.8 Å². The second-order valence-electron chi connectivity index (χ2n) is 6.84. The smallest absolute Gasteiger partial charge is 0.325 e. The van der Waals surface area contributed by atoms with Crippen LogP contribution in [0.2, 0.25) is 0 Å². The number of likely N-dealkylation sites (N-methyl/N-ethyl adjacent to an activating group) is 1. The number of hydrogen-bond donors (Lipinski definition) is 3. The number of hydrogen-bond acceptors (Lipinski definition) is 5. The number of amides is 6. The molecule has 2 atom stereocenters. The molecule has 0 saturated carbocycles. The number of carbonyl (C=O) groups is 5. The van der Waals surface area contributed by atoms with Crippen LogP contribution in [0.15, 0.2) is 30.3 Å². The predicted octanol–water partition coefficient (Wildman–Crippen LogP) is -1.39. The first-order valence-electron chi connectivity index (χ1n) is 9.44. The highest BCUT2D eigenvalue weighted by atomic mass is 16.2. The van der Waals surface area contributed by atoms with Gasteiger partial charge in [-0.05, 0) is 12.5 Å². The van der Waals surface area contributed by atoms with Gasteiger partial charge < -0.3 is 20.9 Å². The molecule has 2 saturated heterocycles. The second-order valence-corrected chi connectivity index (χ2v) is 6.84. The lowest BCUT2D eigenvalue weighted by Gasteiger charge is -2.33. The molecule has 2 aliphatic rings. The molecule has 1 aromatic carbocycles. The van der Waals surface area contributed by atoms with Gasteiger partial charge in [-0.3, -0.25) is 24.1 Å². The van der Waals surface area contributed by atoms with Gasteiger partial charge >= 0.3 is 17.8 Å². The van der Waals surface area contributed by atoms with E-state index in [1.54, 1.807) is 31.2 Å². The van der Waals surface area contributed by atoms with E-state index in [1.807, 2.05) is 6.07 Å². The molecule has 0 radical (unpaired) electrons. The molecule has 2 heterocycles. The molecule has 3 N–H and O–H groups in total. The van der Waals surface area contributed by atoms with Crippen molar-refractivity contribution in [3.8, 4) is 0 Å². The van der Waals surface area contributed by atoms with Crippen molar-refractivity contribution in [1.29, 1.82) is 0 Å². The highest BCUT2D eigenvalue weighted by Gasteiger charge is 2.37. The Bertz CT molecular complexity index is 828. The van der Waals surface area contributed by atoms with Gasteiger partial charge in [0.15, 0.2) is 0 Å². The number of β-lactam (4-membered cyclic amide) rings is 1. The average Bonchev–Trinajstić information content (AvgIpc) is 2.72. The van der Waals surface area contributed by atoms with Crippen LogP contribution in [0.25, 0.3) is 0 Å². The van der Waals surface area contributed by atoms with Crippen LogP contribution in [0.3, 0.4) is 0 Å². The summed E-state index contributed by atoms with van der Waals surface area (Å²) < 4.78 is 0. The fourth-order valence-corrected chi connectivity index (χ4v) is 3.13. The molecule has 6 amide bonds. The number of benzene rings is 1. The van der Waals surface area contributed by atoms with Crippen molar-refractivity contribution in [3.05, 3.63) is 35.9 Å². The maximum atomic E-state index is 12.7. The Balaban J connectivity index is 1.70. The number of rotatable bonds is 6. The van der Waals surface area contributed by atoms with Crippen molar-refractivity contribution in [2.45, 2.75) is 25.4 Å². The van der Waals surface area contributed by atoms with E-state index in [0.29, 0.717) is 13.1 Å². The first-order chi connectivity index (χ1) is 13.9. The van der Waals surface area contributed by atoms with Crippen molar-refractivity contribution >= 4 is 29.7 Å². The highest BCUT2D eigenvalue weighted by molar-refractivity contribution is 6.38. The van der Waals surface area contributed by atoms with E-state index in [2.05, 4.69) is 16.0 Å². The zero-order valence-corrected chi connectivity index (χ0v) is 16.0. The number of nitrogens with zero attached hydrogens (tertiary/aromatic N) is 2. The van der Waals surface area contributed by atoms with E-state index in [0.717, 1.165) is 10.5 Å². The van der Waals surface area contributed by atoms with Crippen LogP contribution in [0.4, 0.5) is 4.79 Å². The van der Waals surface area contributed by atoms with E-state index in [-0.39, 0.29) is 25.4 Å². The molecule has 1 unspecified atom stereocenters. The molecule has 0 aromatic heterocycles. The van der Waals surface area contributed by atoms with Crippen molar-refractivity contribution in [2.75, 3.05) is 26.2 Å². The number of imide groups is 1. The van der Waals surface area contributed by atoms with Gasteiger partial charge in [-0.25, -0.2) is 4.79 Å². The summed E-state index contributed by atoms with van der Waals surface area (Å²) in [5, 5.41) is 7.65. The van der Waals surface area contributed by atoms with Crippen LogP contribution in [-0.2, 0) is 25.6 Å². The largest absolute Gasteiger partial charge is 0.352 e. The molecule has 29 heavy (non-hydrogen) atoms. The minimum Gasteiger partial charge on any atom is -0.352 e. The van der Waals surface area contributed by atoms with Gasteiger partial charge in [0.1, 0.15) is 12.1 Å². The van der Waals surface area contributed by atoms with Crippen LogP contribution in [0.1, 0.15) is 12.5 Å². The van der Waals surface area contributed by atoms with E-state index in [1.165, 1.54) is 4.90 Å². The third kappa shape index (κ3) is 4.53. The Morgan fingerprint density at radius 1 is 1.14 bits per heavy atom. The summed E-state index contributed by atoms with van der Waals surface area (Å²) in [6.45, 7) is 2.74. The lowest BCUT2D eigenvalue weighted by atomic mass is 10.0. The van der Waals surface area contributed by atoms with Gasteiger partial charge in [-0.2, -0.15) is 0 Å². The van der Waals surface area contributed by atoms with Crippen molar-refractivity contribution in [3.63, 3.8) is 0 Å². The Morgan fingerprint density at radius 2 is 1.86 bits per heavy atom. The van der Waals surface area contributed by atoms with Crippen LogP contribution >= 0.6 is 0 Å². The molecule has 10 nitrogen and oxygen atoms in total. The molecule has 0 aliphatic carbocycles. The average molecular weight is 401 g/mol. The van der Waals surface area contributed by atoms with E-state index >= 15 is 0 Å². The Labute approximate surface area is 167 Å². The first-order valence-corrected chi connectivity index (χ1v) is 9.44. The fourth-order valence-electron chi connectivity index (χ4n) is 3.13. The molecular weight excluding hydrogens is 378 g/mol. The standard InChI is InChI=1S/C19H23N5O5/c1-2-23-8-9-24(18(28)17(23)27)19(29)22-13(10-12-6-4-3-5-7-12)16(26)21-14-11-20-15(14)25/h3-7,13-14H,2,8-11H2,1H3,(H,20,25)(H,21,26)(H,22,29)/t13-,14?/m0/s1.